The van der Waals surface area contributed by atoms with E-state index in [2.05, 4.69) is 5.32 Å². The third-order valence-corrected chi connectivity index (χ3v) is 3.20. The first-order valence-corrected chi connectivity index (χ1v) is 6.25. The lowest BCUT2D eigenvalue weighted by Gasteiger charge is -2.28. The van der Waals surface area contributed by atoms with Crippen LogP contribution in [0.25, 0.3) is 0 Å². The van der Waals surface area contributed by atoms with Crippen LogP contribution in [-0.2, 0) is 11.2 Å². The number of hydrogen-bond acceptors (Lipinski definition) is 4. The number of hydrogen-bond donors (Lipinski definition) is 4. The molecule has 1 amide bonds. The second-order valence-electron chi connectivity index (χ2n) is 4.73. The summed E-state index contributed by atoms with van der Waals surface area (Å²) in [6.45, 7) is 0.467. The summed E-state index contributed by atoms with van der Waals surface area (Å²) in [5, 5.41) is 29.8. The fraction of sp³-hybridized carbons (Fsp3) is 0.500. The number of aliphatic hydroxyl groups excluding tert-OH is 3. The Morgan fingerprint density at radius 3 is 2.26 bits per heavy atom. The normalized spacial score (nSPS) is 11.4. The van der Waals surface area contributed by atoms with Gasteiger partial charge >= 0.3 is 0 Å². The molecule has 4 N–H and O–H groups in total. The second kappa shape index (κ2) is 7.23. The van der Waals surface area contributed by atoms with Crippen LogP contribution in [0.1, 0.15) is 17.5 Å². The van der Waals surface area contributed by atoms with Gasteiger partial charge in [0.15, 0.2) is 0 Å². The Hall–Kier alpha value is -1.43. The monoisotopic (exact) mass is 267 g/mol. The molecule has 0 aromatic heterocycles. The van der Waals surface area contributed by atoms with E-state index in [-0.39, 0.29) is 12.3 Å². The van der Waals surface area contributed by atoms with E-state index in [1.165, 1.54) is 0 Å². The van der Waals surface area contributed by atoms with Gasteiger partial charge in [-0.15, -0.1) is 0 Å². The smallest absolute Gasteiger partial charge is 0.220 e. The van der Waals surface area contributed by atoms with E-state index in [4.69, 9.17) is 15.3 Å². The third kappa shape index (κ3) is 4.31. The van der Waals surface area contributed by atoms with E-state index in [0.29, 0.717) is 6.42 Å². The molecule has 0 bridgehead atoms. The van der Waals surface area contributed by atoms with Crippen molar-refractivity contribution in [3.05, 3.63) is 35.4 Å². The first-order chi connectivity index (χ1) is 9.06. The van der Waals surface area contributed by atoms with Crippen molar-refractivity contribution in [3.63, 3.8) is 0 Å². The molecule has 0 fully saturated rings. The summed E-state index contributed by atoms with van der Waals surface area (Å²) < 4.78 is 0. The molecule has 5 heteroatoms. The Kier molecular flexibility index (Phi) is 5.95. The van der Waals surface area contributed by atoms with Gasteiger partial charge in [0.25, 0.3) is 0 Å². The van der Waals surface area contributed by atoms with Gasteiger partial charge in [0.05, 0.1) is 19.8 Å². The lowest BCUT2D eigenvalue weighted by molar-refractivity contribution is -0.125. The lowest BCUT2D eigenvalue weighted by Crippen LogP contribution is -2.57. The van der Waals surface area contributed by atoms with Crippen LogP contribution in [0.5, 0.6) is 0 Å². The molecule has 19 heavy (non-hydrogen) atoms. The zero-order valence-electron chi connectivity index (χ0n) is 11.1. The Bertz CT molecular complexity index is 407. The Balaban J connectivity index is 2.54. The zero-order valence-corrected chi connectivity index (χ0v) is 11.1. The minimum atomic E-state index is -1.34. The highest BCUT2D eigenvalue weighted by Gasteiger charge is 2.29. The highest BCUT2D eigenvalue weighted by molar-refractivity contribution is 5.77. The van der Waals surface area contributed by atoms with Crippen LogP contribution in [0.2, 0.25) is 0 Å². The van der Waals surface area contributed by atoms with Crippen molar-refractivity contribution in [2.45, 2.75) is 25.3 Å². The SMILES string of the molecule is Cc1ccccc1CCC(=O)NC(CO)(CO)CO. The molecular formula is C14H21NO4. The van der Waals surface area contributed by atoms with Crippen LogP contribution in [-0.4, -0.2) is 46.6 Å². The fourth-order valence-corrected chi connectivity index (χ4v) is 1.77. The summed E-state index contributed by atoms with van der Waals surface area (Å²) in [6, 6.07) is 7.79. The predicted octanol–water partition coefficient (Wildman–Crippen LogP) is -0.240. The van der Waals surface area contributed by atoms with Gasteiger partial charge in [-0.1, -0.05) is 24.3 Å². The maximum Gasteiger partial charge on any atom is 0.220 e. The van der Waals surface area contributed by atoms with Crippen LogP contribution in [0.3, 0.4) is 0 Å². The standard InChI is InChI=1S/C14H21NO4/c1-11-4-2-3-5-12(11)6-7-13(19)15-14(8-16,9-17)10-18/h2-5,16-18H,6-10H2,1H3,(H,15,19). The molecule has 1 aromatic carbocycles. The van der Waals surface area contributed by atoms with Crippen LogP contribution in [0.15, 0.2) is 24.3 Å². The van der Waals surface area contributed by atoms with E-state index in [1.807, 2.05) is 31.2 Å². The topological polar surface area (TPSA) is 89.8 Å². The highest BCUT2D eigenvalue weighted by Crippen LogP contribution is 2.10. The second-order valence-corrected chi connectivity index (χ2v) is 4.73. The number of benzene rings is 1. The average molecular weight is 267 g/mol. The number of carbonyl (C=O) groups is 1. The number of rotatable bonds is 7. The summed E-state index contributed by atoms with van der Waals surface area (Å²) in [7, 11) is 0. The molecule has 0 aliphatic rings. The molecule has 1 rings (SSSR count). The van der Waals surface area contributed by atoms with Gasteiger partial charge in [0.2, 0.25) is 5.91 Å². The van der Waals surface area contributed by atoms with E-state index in [9.17, 15) is 4.79 Å². The van der Waals surface area contributed by atoms with Gasteiger partial charge in [-0.05, 0) is 24.5 Å². The van der Waals surface area contributed by atoms with E-state index in [0.717, 1.165) is 11.1 Å². The van der Waals surface area contributed by atoms with Gasteiger partial charge in [0, 0.05) is 6.42 Å². The molecule has 0 aliphatic heterocycles. The quantitative estimate of drug-likeness (QED) is 0.549. The van der Waals surface area contributed by atoms with Gasteiger partial charge in [-0.3, -0.25) is 4.79 Å². The average Bonchev–Trinajstić information content (AvgIpc) is 2.44. The van der Waals surface area contributed by atoms with Crippen molar-refractivity contribution in [2.75, 3.05) is 19.8 Å². The van der Waals surface area contributed by atoms with Crippen LogP contribution in [0.4, 0.5) is 0 Å². The van der Waals surface area contributed by atoms with E-state index < -0.39 is 25.4 Å². The van der Waals surface area contributed by atoms with Crippen LogP contribution < -0.4 is 5.32 Å². The number of aliphatic hydroxyl groups is 3. The molecule has 0 radical (unpaired) electrons. The van der Waals surface area contributed by atoms with Crippen molar-refractivity contribution in [2.24, 2.45) is 0 Å². The van der Waals surface area contributed by atoms with Crippen molar-refractivity contribution in [1.29, 1.82) is 0 Å². The molecule has 0 saturated carbocycles. The number of aryl methyl sites for hydroxylation is 2. The van der Waals surface area contributed by atoms with Crippen molar-refractivity contribution < 1.29 is 20.1 Å². The molecule has 1 aromatic rings. The van der Waals surface area contributed by atoms with Gasteiger partial charge < -0.3 is 20.6 Å². The maximum absolute atomic E-state index is 11.8. The summed E-state index contributed by atoms with van der Waals surface area (Å²) in [5.41, 5.74) is 0.858. The highest BCUT2D eigenvalue weighted by atomic mass is 16.3. The molecule has 0 unspecified atom stereocenters. The fourth-order valence-electron chi connectivity index (χ4n) is 1.77. The summed E-state index contributed by atoms with van der Waals surface area (Å²) in [5.74, 6) is -0.305. The number of carbonyl (C=O) groups excluding carboxylic acids is 1. The van der Waals surface area contributed by atoms with Crippen molar-refractivity contribution in [3.8, 4) is 0 Å². The zero-order chi connectivity index (χ0) is 14.3. The minimum Gasteiger partial charge on any atom is -0.394 e. The first-order valence-electron chi connectivity index (χ1n) is 6.25. The molecule has 5 nitrogen and oxygen atoms in total. The van der Waals surface area contributed by atoms with Crippen molar-refractivity contribution >= 4 is 5.91 Å². The minimum absolute atomic E-state index is 0.243. The molecule has 106 valence electrons. The van der Waals surface area contributed by atoms with Gasteiger partial charge in [-0.2, -0.15) is 0 Å². The van der Waals surface area contributed by atoms with E-state index >= 15 is 0 Å². The number of nitrogens with one attached hydrogen (secondary N) is 1. The third-order valence-electron chi connectivity index (χ3n) is 3.20. The lowest BCUT2D eigenvalue weighted by atomic mass is 10.0. The molecule has 0 heterocycles. The Morgan fingerprint density at radius 1 is 1.16 bits per heavy atom. The predicted molar refractivity (Wildman–Crippen MR) is 71.6 cm³/mol. The molecule has 0 aliphatic carbocycles. The van der Waals surface area contributed by atoms with Crippen LogP contribution in [0, 0.1) is 6.92 Å². The van der Waals surface area contributed by atoms with Crippen LogP contribution >= 0.6 is 0 Å². The van der Waals surface area contributed by atoms with Gasteiger partial charge in [-0.25, -0.2) is 0 Å². The Morgan fingerprint density at radius 2 is 1.74 bits per heavy atom. The first kappa shape index (κ1) is 15.6. The molecule has 0 atom stereocenters. The molecule has 0 saturated heterocycles. The summed E-state index contributed by atoms with van der Waals surface area (Å²) >= 11 is 0. The largest absolute Gasteiger partial charge is 0.394 e. The van der Waals surface area contributed by atoms with E-state index in [1.54, 1.807) is 0 Å². The number of amides is 1. The molecular weight excluding hydrogens is 246 g/mol. The van der Waals surface area contributed by atoms with Crippen molar-refractivity contribution in [1.82, 2.24) is 5.32 Å². The maximum atomic E-state index is 11.8. The summed E-state index contributed by atoms with van der Waals surface area (Å²) in [6.07, 6.45) is 0.823. The Labute approximate surface area is 112 Å². The van der Waals surface area contributed by atoms with Gasteiger partial charge in [0.1, 0.15) is 5.54 Å². The summed E-state index contributed by atoms with van der Waals surface area (Å²) in [4.78, 5) is 11.8. The molecule has 0 spiro atoms.